The van der Waals surface area contributed by atoms with Crippen molar-refractivity contribution >= 4 is 71.6 Å². The standard InChI is InChI=1S/C40H26N2O/c1-3-11-28(12-4-1)41(30-20-22-32-27(25-30)19-24-39-40(32)35-16-8-10-18-38(35)43-39)31-21-23-34-33-15-7-9-17-36(33)42(37(34)26-31)29-13-5-2-6-14-29/h1-26H. The quantitative estimate of drug-likeness (QED) is 0.217. The second-order valence-electron chi connectivity index (χ2n) is 11.0. The summed E-state index contributed by atoms with van der Waals surface area (Å²) in [6.45, 7) is 0. The molecule has 3 heteroatoms. The van der Waals surface area contributed by atoms with Gasteiger partial charge in [0.1, 0.15) is 11.2 Å². The Kier molecular flexibility index (Phi) is 5.20. The summed E-state index contributed by atoms with van der Waals surface area (Å²) < 4.78 is 8.55. The van der Waals surface area contributed by atoms with Crippen LogP contribution < -0.4 is 4.90 Å². The van der Waals surface area contributed by atoms with Gasteiger partial charge in [-0.15, -0.1) is 0 Å². The molecular formula is C40H26N2O. The lowest BCUT2D eigenvalue weighted by molar-refractivity contribution is 0.669. The number of nitrogens with zero attached hydrogens (tertiary/aromatic N) is 2. The average molecular weight is 551 g/mol. The van der Waals surface area contributed by atoms with Crippen LogP contribution in [0.15, 0.2) is 162 Å². The smallest absolute Gasteiger partial charge is 0.136 e. The molecule has 0 fully saturated rings. The molecule has 9 aromatic rings. The minimum Gasteiger partial charge on any atom is -0.456 e. The number of aromatic nitrogens is 1. The highest BCUT2D eigenvalue weighted by atomic mass is 16.3. The summed E-state index contributed by atoms with van der Waals surface area (Å²) in [4.78, 5) is 2.35. The summed E-state index contributed by atoms with van der Waals surface area (Å²) in [5.41, 5.74) is 8.69. The van der Waals surface area contributed by atoms with E-state index in [2.05, 4.69) is 155 Å². The molecule has 3 nitrogen and oxygen atoms in total. The molecule has 0 aliphatic carbocycles. The van der Waals surface area contributed by atoms with E-state index >= 15 is 0 Å². The van der Waals surface area contributed by atoms with Crippen LogP contribution in [0.4, 0.5) is 17.1 Å². The predicted octanol–water partition coefficient (Wildman–Crippen LogP) is 11.3. The molecule has 0 aliphatic heterocycles. The van der Waals surface area contributed by atoms with Gasteiger partial charge in [0, 0.05) is 44.3 Å². The Balaban J connectivity index is 1.29. The maximum Gasteiger partial charge on any atom is 0.136 e. The van der Waals surface area contributed by atoms with E-state index in [1.54, 1.807) is 0 Å². The van der Waals surface area contributed by atoms with E-state index < -0.39 is 0 Å². The maximum atomic E-state index is 6.18. The number of fused-ring (bicyclic) bond motifs is 8. The Morgan fingerprint density at radius 1 is 0.419 bits per heavy atom. The summed E-state index contributed by atoms with van der Waals surface area (Å²) in [6, 6.07) is 56.1. The molecule has 7 aromatic carbocycles. The first-order valence-electron chi connectivity index (χ1n) is 14.6. The Hall–Kier alpha value is -5.80. The van der Waals surface area contributed by atoms with E-state index in [1.165, 1.54) is 38.0 Å². The molecule has 0 saturated heterocycles. The molecule has 0 amide bonds. The minimum absolute atomic E-state index is 0.917. The van der Waals surface area contributed by atoms with Crippen LogP contribution in [0.5, 0.6) is 0 Å². The normalized spacial score (nSPS) is 11.7. The number of furan rings is 1. The highest BCUT2D eigenvalue weighted by molar-refractivity contribution is 6.19. The van der Waals surface area contributed by atoms with E-state index in [0.29, 0.717) is 0 Å². The van der Waals surface area contributed by atoms with Crippen LogP contribution in [0.2, 0.25) is 0 Å². The number of rotatable bonds is 4. The van der Waals surface area contributed by atoms with Gasteiger partial charge in [-0.3, -0.25) is 0 Å². The fraction of sp³-hybridized carbons (Fsp3) is 0. The fourth-order valence-electron chi connectivity index (χ4n) is 6.66. The van der Waals surface area contributed by atoms with Crippen LogP contribution in [-0.2, 0) is 0 Å². The van der Waals surface area contributed by atoms with Gasteiger partial charge in [0.15, 0.2) is 0 Å². The molecule has 43 heavy (non-hydrogen) atoms. The lowest BCUT2D eigenvalue weighted by atomic mass is 10.0. The molecular weight excluding hydrogens is 524 g/mol. The second-order valence-corrected chi connectivity index (χ2v) is 11.0. The lowest BCUT2D eigenvalue weighted by Crippen LogP contribution is -2.10. The molecule has 0 N–H and O–H groups in total. The second kappa shape index (κ2) is 9.37. The van der Waals surface area contributed by atoms with Gasteiger partial charge in [-0.25, -0.2) is 0 Å². The van der Waals surface area contributed by atoms with E-state index in [1.807, 2.05) is 12.1 Å². The van der Waals surface area contributed by atoms with Crippen molar-refractivity contribution < 1.29 is 4.42 Å². The monoisotopic (exact) mass is 550 g/mol. The fourth-order valence-corrected chi connectivity index (χ4v) is 6.66. The first-order valence-corrected chi connectivity index (χ1v) is 14.6. The van der Waals surface area contributed by atoms with E-state index in [-0.39, 0.29) is 0 Å². The van der Waals surface area contributed by atoms with Crippen LogP contribution in [0.3, 0.4) is 0 Å². The van der Waals surface area contributed by atoms with Crippen molar-refractivity contribution in [3.05, 3.63) is 158 Å². The third-order valence-electron chi connectivity index (χ3n) is 8.54. The molecule has 0 unspecified atom stereocenters. The zero-order valence-corrected chi connectivity index (χ0v) is 23.3. The van der Waals surface area contributed by atoms with Gasteiger partial charge in [-0.2, -0.15) is 0 Å². The maximum absolute atomic E-state index is 6.18. The third-order valence-corrected chi connectivity index (χ3v) is 8.54. The molecule has 0 atom stereocenters. The zero-order chi connectivity index (χ0) is 28.3. The molecule has 2 heterocycles. The molecule has 9 rings (SSSR count). The number of hydrogen-bond acceptors (Lipinski definition) is 2. The topological polar surface area (TPSA) is 21.3 Å². The van der Waals surface area contributed by atoms with Gasteiger partial charge in [-0.05, 0) is 77.5 Å². The van der Waals surface area contributed by atoms with Crippen molar-refractivity contribution in [2.45, 2.75) is 0 Å². The average Bonchev–Trinajstić information content (AvgIpc) is 3.61. The Bertz CT molecular complexity index is 2450. The summed E-state index contributed by atoms with van der Waals surface area (Å²) in [5, 5.41) is 7.18. The molecule has 0 radical (unpaired) electrons. The third kappa shape index (κ3) is 3.68. The highest BCUT2D eigenvalue weighted by Gasteiger charge is 2.18. The highest BCUT2D eigenvalue weighted by Crippen LogP contribution is 2.42. The SMILES string of the molecule is c1ccc(N(c2ccc3c(ccc4oc5ccccc5c43)c2)c2ccc3c4ccccc4n(-c4ccccc4)c3c2)cc1. The summed E-state index contributed by atoms with van der Waals surface area (Å²) in [6.07, 6.45) is 0. The first-order chi connectivity index (χ1) is 21.3. The zero-order valence-electron chi connectivity index (χ0n) is 23.3. The van der Waals surface area contributed by atoms with E-state index in [4.69, 9.17) is 4.42 Å². The molecule has 0 saturated carbocycles. The van der Waals surface area contributed by atoms with Crippen molar-refractivity contribution in [3.63, 3.8) is 0 Å². The van der Waals surface area contributed by atoms with Gasteiger partial charge in [0.25, 0.3) is 0 Å². The predicted molar refractivity (Wildman–Crippen MR) is 180 cm³/mol. The Labute approximate surface area is 248 Å². The summed E-state index contributed by atoms with van der Waals surface area (Å²) in [5.74, 6) is 0. The van der Waals surface area contributed by atoms with Gasteiger partial charge in [-0.1, -0.05) is 91.0 Å². The number of hydrogen-bond donors (Lipinski definition) is 0. The van der Waals surface area contributed by atoms with Gasteiger partial charge in [0.05, 0.1) is 11.0 Å². The van der Waals surface area contributed by atoms with Crippen LogP contribution in [-0.4, -0.2) is 4.57 Å². The van der Waals surface area contributed by atoms with Gasteiger partial charge < -0.3 is 13.9 Å². The number of para-hydroxylation sites is 4. The van der Waals surface area contributed by atoms with Crippen molar-refractivity contribution in [3.8, 4) is 5.69 Å². The molecule has 202 valence electrons. The summed E-state index contributed by atoms with van der Waals surface area (Å²) in [7, 11) is 0. The van der Waals surface area contributed by atoms with E-state index in [9.17, 15) is 0 Å². The van der Waals surface area contributed by atoms with Gasteiger partial charge in [0.2, 0.25) is 0 Å². The van der Waals surface area contributed by atoms with Crippen LogP contribution in [0.25, 0.3) is 60.2 Å². The minimum atomic E-state index is 0.917. The van der Waals surface area contributed by atoms with Crippen molar-refractivity contribution in [2.24, 2.45) is 0 Å². The summed E-state index contributed by atoms with van der Waals surface area (Å²) >= 11 is 0. The molecule has 0 bridgehead atoms. The number of benzene rings is 7. The Morgan fingerprint density at radius 3 is 1.91 bits per heavy atom. The molecule has 0 spiro atoms. The van der Waals surface area contributed by atoms with Crippen molar-refractivity contribution in [2.75, 3.05) is 4.90 Å². The largest absolute Gasteiger partial charge is 0.456 e. The Morgan fingerprint density at radius 2 is 1.07 bits per heavy atom. The van der Waals surface area contributed by atoms with E-state index in [0.717, 1.165) is 39.3 Å². The molecule has 0 aliphatic rings. The van der Waals surface area contributed by atoms with Crippen LogP contribution >= 0.6 is 0 Å². The van der Waals surface area contributed by atoms with Crippen LogP contribution in [0.1, 0.15) is 0 Å². The van der Waals surface area contributed by atoms with Crippen molar-refractivity contribution in [1.29, 1.82) is 0 Å². The van der Waals surface area contributed by atoms with Gasteiger partial charge >= 0.3 is 0 Å². The molecule has 2 aromatic heterocycles. The van der Waals surface area contributed by atoms with Crippen molar-refractivity contribution in [1.82, 2.24) is 4.57 Å². The number of anilines is 3. The van der Waals surface area contributed by atoms with Crippen LogP contribution in [0, 0.1) is 0 Å². The lowest BCUT2D eigenvalue weighted by Gasteiger charge is -2.26. The first kappa shape index (κ1) is 23.9.